The number of hydrogen-bond donors (Lipinski definition) is 3. The molecule has 0 aliphatic carbocycles. The van der Waals surface area contributed by atoms with Gasteiger partial charge in [0.15, 0.2) is 9.84 Å². The number of benzene rings is 1. The molecule has 24 heavy (non-hydrogen) atoms. The minimum absolute atomic E-state index is 0.0297. The number of sulfone groups is 1. The lowest BCUT2D eigenvalue weighted by molar-refractivity contribution is 0.0949. The Balaban J connectivity index is 1.91. The monoisotopic (exact) mass is 353 g/mol. The van der Waals surface area contributed by atoms with E-state index in [9.17, 15) is 18.0 Å². The van der Waals surface area contributed by atoms with E-state index in [0.29, 0.717) is 30.1 Å². The summed E-state index contributed by atoms with van der Waals surface area (Å²) < 4.78 is 22.8. The summed E-state index contributed by atoms with van der Waals surface area (Å²) in [6.45, 7) is 4.59. The third kappa shape index (κ3) is 5.52. The maximum atomic E-state index is 12.0. The smallest absolute Gasteiger partial charge is 0.319 e. The van der Waals surface area contributed by atoms with Crippen LogP contribution in [-0.4, -0.2) is 44.4 Å². The number of urea groups is 1. The summed E-state index contributed by atoms with van der Waals surface area (Å²) in [6, 6.07) is 5.76. The second kappa shape index (κ2) is 7.65. The highest BCUT2D eigenvalue weighted by Gasteiger charge is 2.28. The number of rotatable bonds is 5. The second-order valence-corrected chi connectivity index (χ2v) is 8.61. The van der Waals surface area contributed by atoms with Crippen LogP contribution in [0.5, 0.6) is 0 Å². The van der Waals surface area contributed by atoms with Gasteiger partial charge in [0.05, 0.1) is 11.5 Å². The molecule has 0 unspecified atom stereocenters. The SMILES string of the molecule is CC(C)CNC(=O)c1cccc(NC(=O)N[C@H]2CCS(=O)(=O)C2)c1. The molecule has 1 fully saturated rings. The summed E-state index contributed by atoms with van der Waals surface area (Å²) in [7, 11) is -3.04. The summed E-state index contributed by atoms with van der Waals surface area (Å²) in [5, 5.41) is 8.09. The second-order valence-electron chi connectivity index (χ2n) is 6.38. The maximum absolute atomic E-state index is 12.0. The average Bonchev–Trinajstić information content (AvgIpc) is 2.83. The largest absolute Gasteiger partial charge is 0.352 e. The molecule has 2 rings (SSSR count). The number of hydrogen-bond acceptors (Lipinski definition) is 4. The van der Waals surface area contributed by atoms with E-state index in [1.165, 1.54) is 0 Å². The van der Waals surface area contributed by atoms with Crippen molar-refractivity contribution in [2.45, 2.75) is 26.3 Å². The molecule has 0 radical (unpaired) electrons. The third-order valence-corrected chi connectivity index (χ3v) is 5.39. The lowest BCUT2D eigenvalue weighted by atomic mass is 10.1. The van der Waals surface area contributed by atoms with Gasteiger partial charge in [-0.25, -0.2) is 13.2 Å². The molecule has 1 atom stereocenters. The van der Waals surface area contributed by atoms with E-state index in [1.54, 1.807) is 24.3 Å². The third-order valence-electron chi connectivity index (χ3n) is 3.62. The molecule has 1 aromatic rings. The van der Waals surface area contributed by atoms with Crippen LogP contribution in [0.4, 0.5) is 10.5 Å². The molecule has 3 N–H and O–H groups in total. The van der Waals surface area contributed by atoms with E-state index >= 15 is 0 Å². The number of anilines is 1. The molecule has 1 saturated heterocycles. The van der Waals surface area contributed by atoms with Crippen LogP contribution in [0, 0.1) is 5.92 Å². The summed E-state index contributed by atoms with van der Waals surface area (Å²) in [4.78, 5) is 24.0. The van der Waals surface area contributed by atoms with Crippen LogP contribution in [0.25, 0.3) is 0 Å². The highest BCUT2D eigenvalue weighted by Crippen LogP contribution is 2.13. The van der Waals surface area contributed by atoms with Gasteiger partial charge >= 0.3 is 6.03 Å². The van der Waals surface area contributed by atoms with Crippen molar-refractivity contribution in [2.24, 2.45) is 5.92 Å². The molecule has 1 heterocycles. The van der Waals surface area contributed by atoms with Crippen LogP contribution in [0.2, 0.25) is 0 Å². The maximum Gasteiger partial charge on any atom is 0.319 e. The predicted octanol–water partition coefficient (Wildman–Crippen LogP) is 1.38. The van der Waals surface area contributed by atoms with Crippen LogP contribution in [0.15, 0.2) is 24.3 Å². The summed E-state index contributed by atoms with van der Waals surface area (Å²) in [5.74, 6) is 0.222. The highest BCUT2D eigenvalue weighted by atomic mass is 32.2. The van der Waals surface area contributed by atoms with Crippen molar-refractivity contribution in [3.63, 3.8) is 0 Å². The van der Waals surface area contributed by atoms with Gasteiger partial charge in [-0.3, -0.25) is 4.79 Å². The zero-order chi connectivity index (χ0) is 17.7. The highest BCUT2D eigenvalue weighted by molar-refractivity contribution is 7.91. The summed E-state index contributed by atoms with van der Waals surface area (Å²) >= 11 is 0. The standard InChI is InChI=1S/C16H23N3O4S/c1-11(2)9-17-15(20)12-4-3-5-13(8-12)18-16(21)19-14-6-7-24(22,23)10-14/h3-5,8,11,14H,6-7,9-10H2,1-2H3,(H,17,20)(H2,18,19,21)/t14-/m0/s1. The molecular formula is C16H23N3O4S. The molecule has 1 aliphatic rings. The quantitative estimate of drug-likeness (QED) is 0.744. The van der Waals surface area contributed by atoms with Crippen LogP contribution in [0.1, 0.15) is 30.6 Å². The first-order valence-electron chi connectivity index (χ1n) is 7.91. The normalized spacial score (nSPS) is 19.0. The van der Waals surface area contributed by atoms with Gasteiger partial charge in [-0.05, 0) is 30.5 Å². The Morgan fingerprint density at radius 1 is 1.29 bits per heavy atom. The molecule has 0 aromatic heterocycles. The first-order valence-corrected chi connectivity index (χ1v) is 9.73. The molecule has 1 aliphatic heterocycles. The van der Waals surface area contributed by atoms with E-state index < -0.39 is 15.9 Å². The van der Waals surface area contributed by atoms with Gasteiger partial charge in [0.1, 0.15) is 0 Å². The molecule has 132 valence electrons. The number of nitrogens with one attached hydrogen (secondary N) is 3. The molecule has 1 aromatic carbocycles. The van der Waals surface area contributed by atoms with Gasteiger partial charge in [-0.15, -0.1) is 0 Å². The predicted molar refractivity (Wildman–Crippen MR) is 92.8 cm³/mol. The molecule has 8 heteroatoms. The van der Waals surface area contributed by atoms with E-state index in [1.807, 2.05) is 13.8 Å². The van der Waals surface area contributed by atoms with Gasteiger partial charge in [0.2, 0.25) is 0 Å². The zero-order valence-corrected chi connectivity index (χ0v) is 14.7. The molecule has 7 nitrogen and oxygen atoms in total. The minimum atomic E-state index is -3.04. The lowest BCUT2D eigenvalue weighted by Gasteiger charge is -2.13. The molecule has 0 bridgehead atoms. The topological polar surface area (TPSA) is 104 Å². The molecule has 3 amide bonds. The summed E-state index contributed by atoms with van der Waals surface area (Å²) in [5.41, 5.74) is 0.933. The van der Waals surface area contributed by atoms with Crippen molar-refractivity contribution in [1.82, 2.24) is 10.6 Å². The van der Waals surface area contributed by atoms with Crippen molar-refractivity contribution < 1.29 is 18.0 Å². The Bertz CT molecular complexity index is 716. The number of carbonyl (C=O) groups is 2. The van der Waals surface area contributed by atoms with Crippen molar-refractivity contribution in [1.29, 1.82) is 0 Å². The molecule has 0 saturated carbocycles. The first kappa shape index (κ1) is 18.3. The van der Waals surface area contributed by atoms with E-state index in [-0.39, 0.29) is 23.5 Å². The Morgan fingerprint density at radius 3 is 2.67 bits per heavy atom. The van der Waals surface area contributed by atoms with Gasteiger partial charge in [-0.1, -0.05) is 19.9 Å². The fraction of sp³-hybridized carbons (Fsp3) is 0.500. The fourth-order valence-corrected chi connectivity index (χ4v) is 4.07. The minimum Gasteiger partial charge on any atom is -0.352 e. The first-order chi connectivity index (χ1) is 11.2. The number of amides is 3. The fourth-order valence-electron chi connectivity index (χ4n) is 2.40. The van der Waals surface area contributed by atoms with E-state index in [2.05, 4.69) is 16.0 Å². The van der Waals surface area contributed by atoms with Crippen molar-refractivity contribution in [3.05, 3.63) is 29.8 Å². The van der Waals surface area contributed by atoms with Crippen molar-refractivity contribution >= 4 is 27.5 Å². The van der Waals surface area contributed by atoms with Crippen molar-refractivity contribution in [3.8, 4) is 0 Å². The Labute approximate surface area is 142 Å². The van der Waals surface area contributed by atoms with Crippen LogP contribution in [0.3, 0.4) is 0 Å². The van der Waals surface area contributed by atoms with Crippen LogP contribution >= 0.6 is 0 Å². The van der Waals surface area contributed by atoms with E-state index in [4.69, 9.17) is 0 Å². The van der Waals surface area contributed by atoms with Gasteiger partial charge < -0.3 is 16.0 Å². The van der Waals surface area contributed by atoms with Gasteiger partial charge in [0.25, 0.3) is 5.91 Å². The lowest BCUT2D eigenvalue weighted by Crippen LogP contribution is -2.38. The number of carbonyl (C=O) groups excluding carboxylic acids is 2. The molecular weight excluding hydrogens is 330 g/mol. The average molecular weight is 353 g/mol. The van der Waals surface area contributed by atoms with Gasteiger partial charge in [0, 0.05) is 23.8 Å². The Morgan fingerprint density at radius 2 is 2.04 bits per heavy atom. The van der Waals surface area contributed by atoms with Gasteiger partial charge in [-0.2, -0.15) is 0 Å². The molecule has 0 spiro atoms. The Hall–Kier alpha value is -2.09. The Kier molecular flexibility index (Phi) is 5.82. The zero-order valence-electron chi connectivity index (χ0n) is 13.8. The van der Waals surface area contributed by atoms with E-state index in [0.717, 1.165) is 0 Å². The summed E-state index contributed by atoms with van der Waals surface area (Å²) in [6.07, 6.45) is 0.424. The van der Waals surface area contributed by atoms with Crippen molar-refractivity contribution in [2.75, 3.05) is 23.4 Å². The van der Waals surface area contributed by atoms with Crippen LogP contribution in [-0.2, 0) is 9.84 Å². The van der Waals surface area contributed by atoms with Crippen LogP contribution < -0.4 is 16.0 Å².